The number of rotatable bonds is 3. The number of hydrogen-bond acceptors (Lipinski definition) is 5. The van der Waals surface area contributed by atoms with E-state index in [1.54, 1.807) is 24.1 Å². The molecular weight excluding hydrogens is 366 g/mol. The Morgan fingerprint density at radius 1 is 1.19 bits per heavy atom. The van der Waals surface area contributed by atoms with Crippen molar-refractivity contribution < 1.29 is 19.1 Å². The number of nitrogens with zero attached hydrogens (tertiary/aromatic N) is 1. The van der Waals surface area contributed by atoms with Crippen molar-refractivity contribution in [2.24, 2.45) is 0 Å². The lowest BCUT2D eigenvalue weighted by atomic mass is 10.0. The maximum Gasteiger partial charge on any atom is 0.409 e. The lowest BCUT2D eigenvalue weighted by Crippen LogP contribution is -2.35. The number of methoxy groups -OCH3 is 1. The van der Waals surface area contributed by atoms with Gasteiger partial charge >= 0.3 is 6.09 Å². The molecule has 2 aromatic rings. The third kappa shape index (κ3) is 3.66. The van der Waals surface area contributed by atoms with E-state index in [-0.39, 0.29) is 11.8 Å². The lowest BCUT2D eigenvalue weighted by Gasteiger charge is -2.25. The maximum absolute atomic E-state index is 12.7. The first-order valence-electron chi connectivity index (χ1n) is 8.52. The minimum atomic E-state index is -0.402. The van der Waals surface area contributed by atoms with Crippen LogP contribution in [-0.2, 0) is 17.7 Å². The molecule has 3 amide bonds. The fourth-order valence-electron chi connectivity index (χ4n) is 3.14. The van der Waals surface area contributed by atoms with Crippen molar-refractivity contribution in [3.05, 3.63) is 51.4 Å². The first-order chi connectivity index (χ1) is 13.0. The summed E-state index contributed by atoms with van der Waals surface area (Å²) in [4.78, 5) is 39.5. The number of amides is 3. The van der Waals surface area contributed by atoms with E-state index in [1.165, 1.54) is 18.4 Å². The third-order valence-electron chi connectivity index (χ3n) is 4.56. The van der Waals surface area contributed by atoms with Gasteiger partial charge in [0.25, 0.3) is 11.8 Å². The Morgan fingerprint density at radius 3 is 2.59 bits per heavy atom. The second kappa shape index (κ2) is 7.79. The number of benzene rings is 1. The summed E-state index contributed by atoms with van der Waals surface area (Å²) in [7, 11) is 2.90. The largest absolute Gasteiger partial charge is 0.453 e. The molecule has 7 nitrogen and oxygen atoms in total. The molecule has 0 spiro atoms. The SMILES string of the molecule is CNC(=O)c1c(NC(=O)c2ccccc2C)sc2c1CCN(C(=O)OC)C2. The molecule has 0 radical (unpaired) electrons. The van der Waals surface area contributed by atoms with Gasteiger partial charge in [-0.15, -0.1) is 11.3 Å². The number of thiophene rings is 1. The Bertz CT molecular complexity index is 906. The van der Waals surface area contributed by atoms with Gasteiger partial charge in [-0.05, 0) is 30.5 Å². The molecule has 1 aromatic heterocycles. The minimum Gasteiger partial charge on any atom is -0.453 e. The molecule has 1 aromatic carbocycles. The molecule has 0 fully saturated rings. The quantitative estimate of drug-likeness (QED) is 0.848. The monoisotopic (exact) mass is 387 g/mol. The van der Waals surface area contributed by atoms with Gasteiger partial charge in [0.1, 0.15) is 5.00 Å². The van der Waals surface area contributed by atoms with Gasteiger partial charge in [-0.2, -0.15) is 0 Å². The number of anilines is 1. The van der Waals surface area contributed by atoms with E-state index in [0.29, 0.717) is 35.6 Å². The molecule has 0 atom stereocenters. The second-order valence-electron chi connectivity index (χ2n) is 6.20. The Kier molecular flexibility index (Phi) is 5.46. The smallest absolute Gasteiger partial charge is 0.409 e. The van der Waals surface area contributed by atoms with Crippen LogP contribution in [0, 0.1) is 6.92 Å². The summed E-state index contributed by atoms with van der Waals surface area (Å²) in [5.41, 5.74) is 2.76. The van der Waals surface area contributed by atoms with E-state index in [4.69, 9.17) is 4.74 Å². The van der Waals surface area contributed by atoms with Gasteiger partial charge in [-0.1, -0.05) is 18.2 Å². The van der Waals surface area contributed by atoms with E-state index in [2.05, 4.69) is 10.6 Å². The first kappa shape index (κ1) is 18.9. The summed E-state index contributed by atoms with van der Waals surface area (Å²) in [6.07, 6.45) is 0.130. The highest BCUT2D eigenvalue weighted by atomic mass is 32.1. The van der Waals surface area contributed by atoms with E-state index in [9.17, 15) is 14.4 Å². The molecule has 27 heavy (non-hydrogen) atoms. The summed E-state index contributed by atoms with van der Waals surface area (Å²) < 4.78 is 4.79. The number of carbonyl (C=O) groups excluding carboxylic acids is 3. The van der Waals surface area contributed by atoms with Crippen LogP contribution in [0.15, 0.2) is 24.3 Å². The Labute approximate surface area is 161 Å². The van der Waals surface area contributed by atoms with Crippen molar-refractivity contribution >= 4 is 34.2 Å². The lowest BCUT2D eigenvalue weighted by molar-refractivity contribution is 0.0962. The van der Waals surface area contributed by atoms with Crippen molar-refractivity contribution in [3.63, 3.8) is 0 Å². The number of ether oxygens (including phenoxy) is 1. The van der Waals surface area contributed by atoms with Crippen LogP contribution in [0.4, 0.5) is 9.80 Å². The van der Waals surface area contributed by atoms with Crippen LogP contribution >= 0.6 is 11.3 Å². The molecule has 3 rings (SSSR count). The van der Waals surface area contributed by atoms with Crippen LogP contribution in [0.1, 0.15) is 36.7 Å². The van der Waals surface area contributed by atoms with Gasteiger partial charge in [-0.3, -0.25) is 9.59 Å². The van der Waals surface area contributed by atoms with Crippen molar-refractivity contribution in [2.45, 2.75) is 19.9 Å². The van der Waals surface area contributed by atoms with Crippen molar-refractivity contribution in [1.29, 1.82) is 0 Å². The molecule has 2 heterocycles. The molecule has 8 heteroatoms. The molecule has 1 aliphatic rings. The highest BCUT2D eigenvalue weighted by Crippen LogP contribution is 2.37. The predicted octanol–water partition coefficient (Wildman–Crippen LogP) is 2.79. The van der Waals surface area contributed by atoms with Crippen LogP contribution in [-0.4, -0.2) is 43.5 Å². The van der Waals surface area contributed by atoms with Gasteiger partial charge in [0.05, 0.1) is 19.2 Å². The van der Waals surface area contributed by atoms with Gasteiger partial charge in [0.2, 0.25) is 0 Å². The normalized spacial score (nSPS) is 12.9. The van der Waals surface area contributed by atoms with Gasteiger partial charge < -0.3 is 20.3 Å². The van der Waals surface area contributed by atoms with E-state index in [1.807, 2.05) is 19.1 Å². The number of fused-ring (bicyclic) bond motifs is 1. The molecule has 2 N–H and O–H groups in total. The molecule has 142 valence electrons. The van der Waals surface area contributed by atoms with E-state index in [0.717, 1.165) is 16.0 Å². The topological polar surface area (TPSA) is 87.7 Å². The number of aryl methyl sites for hydroxylation is 1. The zero-order valence-corrected chi connectivity index (χ0v) is 16.2. The third-order valence-corrected chi connectivity index (χ3v) is 5.69. The van der Waals surface area contributed by atoms with E-state index < -0.39 is 6.09 Å². The highest BCUT2D eigenvalue weighted by molar-refractivity contribution is 7.17. The zero-order chi connectivity index (χ0) is 19.6. The van der Waals surface area contributed by atoms with E-state index >= 15 is 0 Å². The summed E-state index contributed by atoms with van der Waals surface area (Å²) in [5.74, 6) is -0.513. The van der Waals surface area contributed by atoms with Gasteiger partial charge in [0, 0.05) is 24.0 Å². The Balaban J connectivity index is 1.95. The second-order valence-corrected chi connectivity index (χ2v) is 7.30. The fraction of sp³-hybridized carbons (Fsp3) is 0.316. The van der Waals surface area contributed by atoms with Crippen molar-refractivity contribution in [3.8, 4) is 0 Å². The highest BCUT2D eigenvalue weighted by Gasteiger charge is 2.30. The van der Waals surface area contributed by atoms with Crippen LogP contribution in [0.5, 0.6) is 0 Å². The average Bonchev–Trinajstić information content (AvgIpc) is 3.03. The van der Waals surface area contributed by atoms with Crippen LogP contribution in [0.25, 0.3) is 0 Å². The zero-order valence-electron chi connectivity index (χ0n) is 15.4. The Morgan fingerprint density at radius 2 is 1.93 bits per heavy atom. The maximum atomic E-state index is 12.7. The molecule has 1 aliphatic heterocycles. The summed E-state index contributed by atoms with van der Waals surface area (Å²) >= 11 is 1.32. The standard InChI is InChI=1S/C19H21N3O4S/c1-11-6-4-5-7-12(11)16(23)21-18-15(17(24)20-2)13-8-9-22(19(25)26-3)10-14(13)27-18/h4-7H,8-10H2,1-3H3,(H,20,24)(H,21,23). The summed E-state index contributed by atoms with van der Waals surface area (Å²) in [5, 5.41) is 6.02. The average molecular weight is 387 g/mol. The van der Waals surface area contributed by atoms with Gasteiger partial charge in [-0.25, -0.2) is 4.79 Å². The molecule has 0 bridgehead atoms. The Hall–Kier alpha value is -2.87. The summed E-state index contributed by atoms with van der Waals surface area (Å²) in [6, 6.07) is 7.28. The number of carbonyl (C=O) groups is 3. The molecular formula is C19H21N3O4S. The van der Waals surface area contributed by atoms with Crippen LogP contribution < -0.4 is 10.6 Å². The van der Waals surface area contributed by atoms with Crippen molar-refractivity contribution in [2.75, 3.05) is 26.0 Å². The molecule has 0 aliphatic carbocycles. The number of hydrogen-bond donors (Lipinski definition) is 2. The predicted molar refractivity (Wildman–Crippen MR) is 103 cm³/mol. The number of nitrogens with one attached hydrogen (secondary N) is 2. The molecule has 0 unspecified atom stereocenters. The fourth-order valence-corrected chi connectivity index (χ4v) is 4.40. The minimum absolute atomic E-state index is 0.251. The molecule has 0 saturated heterocycles. The van der Waals surface area contributed by atoms with Crippen molar-refractivity contribution in [1.82, 2.24) is 10.2 Å². The van der Waals surface area contributed by atoms with Gasteiger partial charge in [0.15, 0.2) is 0 Å². The van der Waals surface area contributed by atoms with Crippen LogP contribution in [0.2, 0.25) is 0 Å². The van der Waals surface area contributed by atoms with Crippen LogP contribution in [0.3, 0.4) is 0 Å². The molecule has 0 saturated carbocycles. The summed E-state index contributed by atoms with van der Waals surface area (Å²) in [6.45, 7) is 2.69. The first-order valence-corrected chi connectivity index (χ1v) is 9.34.